The van der Waals surface area contributed by atoms with E-state index in [9.17, 15) is 9.59 Å². The van der Waals surface area contributed by atoms with Crippen LogP contribution in [-0.2, 0) is 14.3 Å². The Morgan fingerprint density at radius 2 is 2.20 bits per heavy atom. The summed E-state index contributed by atoms with van der Waals surface area (Å²) in [4.78, 5) is 26.0. The maximum absolute atomic E-state index is 12.5. The van der Waals surface area contributed by atoms with Crippen molar-refractivity contribution in [3.05, 3.63) is 28.7 Å². The van der Waals surface area contributed by atoms with Crippen molar-refractivity contribution in [1.82, 2.24) is 4.90 Å². The molecular weight excluding hydrogens is 362 g/mol. The monoisotopic (exact) mass is 379 g/mol. The van der Waals surface area contributed by atoms with E-state index >= 15 is 0 Å². The van der Waals surface area contributed by atoms with Gasteiger partial charge in [0.25, 0.3) is 5.91 Å². The third-order valence-electron chi connectivity index (χ3n) is 3.64. The van der Waals surface area contributed by atoms with E-state index in [4.69, 9.17) is 26.4 Å². The van der Waals surface area contributed by atoms with Crippen molar-refractivity contribution in [3.8, 4) is 11.5 Å². The Morgan fingerprint density at radius 3 is 3.00 bits per heavy atom. The minimum absolute atomic E-state index is 0.142. The summed E-state index contributed by atoms with van der Waals surface area (Å²) < 4.78 is 16.0. The average Bonchev–Trinajstić information content (AvgIpc) is 3.14. The highest BCUT2D eigenvalue weighted by Crippen LogP contribution is 2.36. The molecular formula is C17H17NO5S2. The zero-order chi connectivity index (χ0) is 17.8. The molecule has 2 aliphatic heterocycles. The Bertz CT molecular complexity index is 747. The van der Waals surface area contributed by atoms with Crippen LogP contribution in [0.2, 0.25) is 0 Å². The number of hydrogen-bond acceptors (Lipinski definition) is 7. The number of carbonyl (C=O) groups is 2. The van der Waals surface area contributed by atoms with Crippen molar-refractivity contribution >= 4 is 46.3 Å². The zero-order valence-electron chi connectivity index (χ0n) is 13.6. The second-order valence-corrected chi connectivity index (χ2v) is 7.03. The summed E-state index contributed by atoms with van der Waals surface area (Å²) in [5, 5.41) is 0. The molecule has 1 fully saturated rings. The van der Waals surface area contributed by atoms with Crippen LogP contribution >= 0.6 is 24.0 Å². The van der Waals surface area contributed by atoms with Crippen molar-refractivity contribution in [2.24, 2.45) is 0 Å². The van der Waals surface area contributed by atoms with Crippen LogP contribution in [0.15, 0.2) is 23.1 Å². The lowest BCUT2D eigenvalue weighted by molar-refractivity contribution is -0.143. The summed E-state index contributed by atoms with van der Waals surface area (Å²) in [6, 6.07) is 5.50. The van der Waals surface area contributed by atoms with Crippen LogP contribution in [0.25, 0.3) is 6.08 Å². The quantitative estimate of drug-likeness (QED) is 0.428. The van der Waals surface area contributed by atoms with Crippen LogP contribution in [0.5, 0.6) is 11.5 Å². The predicted octanol–water partition coefficient (Wildman–Crippen LogP) is 2.96. The maximum Gasteiger partial charge on any atom is 0.305 e. The van der Waals surface area contributed by atoms with Crippen molar-refractivity contribution in [2.45, 2.75) is 19.8 Å². The smallest absolute Gasteiger partial charge is 0.305 e. The summed E-state index contributed by atoms with van der Waals surface area (Å²) >= 11 is 6.55. The largest absolute Gasteiger partial charge is 0.466 e. The van der Waals surface area contributed by atoms with Gasteiger partial charge in [0.05, 0.1) is 11.5 Å². The molecule has 0 radical (unpaired) electrons. The molecule has 8 heteroatoms. The van der Waals surface area contributed by atoms with E-state index in [1.54, 1.807) is 13.0 Å². The van der Waals surface area contributed by atoms with Crippen LogP contribution < -0.4 is 9.47 Å². The summed E-state index contributed by atoms with van der Waals surface area (Å²) in [6.45, 7) is 2.74. The molecule has 0 unspecified atom stereocenters. The molecule has 3 rings (SSSR count). The highest BCUT2D eigenvalue weighted by Gasteiger charge is 2.31. The molecule has 1 amide bonds. The first-order chi connectivity index (χ1) is 12.1. The van der Waals surface area contributed by atoms with Gasteiger partial charge in [0.1, 0.15) is 4.32 Å². The standard InChI is InChI=1S/C17H17NO5S2/c1-2-21-15(19)4-3-7-18-16(20)14(25-17(18)24)9-11-5-6-12-13(8-11)23-10-22-12/h5-6,8-9H,2-4,7,10H2,1H3/b14-9+. The SMILES string of the molecule is CCOC(=O)CCCN1C(=O)/C(=C\c2ccc3c(c2)OCO3)SC1=S. The molecule has 0 spiro atoms. The number of rotatable bonds is 6. The second kappa shape index (κ2) is 7.88. The van der Waals surface area contributed by atoms with Gasteiger partial charge in [-0.25, -0.2) is 0 Å². The Kier molecular flexibility index (Phi) is 5.60. The second-order valence-electron chi connectivity index (χ2n) is 5.35. The molecule has 0 bridgehead atoms. The fourth-order valence-corrected chi connectivity index (χ4v) is 3.77. The van der Waals surface area contributed by atoms with Crippen LogP contribution in [0.4, 0.5) is 0 Å². The molecule has 1 saturated heterocycles. The normalized spacial score (nSPS) is 17.5. The fourth-order valence-electron chi connectivity index (χ4n) is 2.46. The van der Waals surface area contributed by atoms with Crippen LogP contribution in [-0.4, -0.2) is 41.0 Å². The summed E-state index contributed by atoms with van der Waals surface area (Å²) in [5.74, 6) is 0.961. The van der Waals surface area contributed by atoms with E-state index in [0.29, 0.717) is 40.3 Å². The highest BCUT2D eigenvalue weighted by atomic mass is 32.2. The molecule has 6 nitrogen and oxygen atoms in total. The number of esters is 1. The average molecular weight is 379 g/mol. The Morgan fingerprint density at radius 1 is 1.40 bits per heavy atom. The molecule has 0 N–H and O–H groups in total. The summed E-state index contributed by atoms with van der Waals surface area (Å²) in [7, 11) is 0. The molecule has 2 heterocycles. The molecule has 25 heavy (non-hydrogen) atoms. The number of benzene rings is 1. The fraction of sp³-hybridized carbons (Fsp3) is 0.353. The van der Waals surface area contributed by atoms with E-state index in [-0.39, 0.29) is 25.1 Å². The number of thioether (sulfide) groups is 1. The third-order valence-corrected chi connectivity index (χ3v) is 5.01. The summed E-state index contributed by atoms with van der Waals surface area (Å²) in [6.07, 6.45) is 2.57. The first-order valence-corrected chi connectivity index (χ1v) is 9.11. The molecule has 2 aliphatic rings. The van der Waals surface area contributed by atoms with E-state index < -0.39 is 0 Å². The Hall–Kier alpha value is -2.06. The Labute approximate surface area is 155 Å². The number of carbonyl (C=O) groups excluding carboxylic acids is 2. The Balaban J connectivity index is 1.63. The van der Waals surface area contributed by atoms with Crippen molar-refractivity contribution in [1.29, 1.82) is 0 Å². The lowest BCUT2D eigenvalue weighted by Crippen LogP contribution is -2.29. The number of hydrogen-bond donors (Lipinski definition) is 0. The van der Waals surface area contributed by atoms with Gasteiger partial charge < -0.3 is 14.2 Å². The minimum Gasteiger partial charge on any atom is -0.466 e. The van der Waals surface area contributed by atoms with Gasteiger partial charge in [0.2, 0.25) is 6.79 Å². The van der Waals surface area contributed by atoms with Crippen molar-refractivity contribution in [3.63, 3.8) is 0 Å². The summed E-state index contributed by atoms with van der Waals surface area (Å²) in [5.41, 5.74) is 0.844. The van der Waals surface area contributed by atoms with Gasteiger partial charge in [-0.15, -0.1) is 0 Å². The van der Waals surface area contributed by atoms with Gasteiger partial charge in [-0.3, -0.25) is 14.5 Å². The van der Waals surface area contributed by atoms with E-state index in [0.717, 1.165) is 5.56 Å². The zero-order valence-corrected chi connectivity index (χ0v) is 15.3. The molecule has 0 aliphatic carbocycles. The van der Waals surface area contributed by atoms with E-state index in [1.165, 1.54) is 16.7 Å². The molecule has 1 aromatic rings. The number of nitrogens with zero attached hydrogens (tertiary/aromatic N) is 1. The first-order valence-electron chi connectivity index (χ1n) is 7.89. The van der Waals surface area contributed by atoms with Gasteiger partial charge in [0, 0.05) is 13.0 Å². The number of ether oxygens (including phenoxy) is 3. The minimum atomic E-state index is -0.260. The van der Waals surface area contributed by atoms with Gasteiger partial charge >= 0.3 is 5.97 Å². The lowest BCUT2D eigenvalue weighted by atomic mass is 10.2. The molecule has 132 valence electrons. The topological polar surface area (TPSA) is 65.1 Å². The van der Waals surface area contributed by atoms with Crippen LogP contribution in [0.3, 0.4) is 0 Å². The molecule has 1 aromatic carbocycles. The van der Waals surface area contributed by atoms with Gasteiger partial charge in [-0.1, -0.05) is 30.0 Å². The molecule has 0 saturated carbocycles. The van der Waals surface area contributed by atoms with Crippen LogP contribution in [0.1, 0.15) is 25.3 Å². The maximum atomic E-state index is 12.5. The lowest BCUT2D eigenvalue weighted by Gasteiger charge is -2.13. The number of fused-ring (bicyclic) bond motifs is 1. The first kappa shape index (κ1) is 17.8. The number of amides is 1. The van der Waals surface area contributed by atoms with Crippen molar-refractivity contribution in [2.75, 3.05) is 19.9 Å². The van der Waals surface area contributed by atoms with E-state index in [2.05, 4.69) is 0 Å². The van der Waals surface area contributed by atoms with Crippen molar-refractivity contribution < 1.29 is 23.8 Å². The highest BCUT2D eigenvalue weighted by molar-refractivity contribution is 8.26. The molecule has 0 atom stereocenters. The van der Waals surface area contributed by atoms with E-state index in [1.807, 2.05) is 18.2 Å². The van der Waals surface area contributed by atoms with Gasteiger partial charge in [-0.05, 0) is 37.1 Å². The third kappa shape index (κ3) is 4.13. The van der Waals surface area contributed by atoms with Gasteiger partial charge in [0.15, 0.2) is 11.5 Å². The predicted molar refractivity (Wildman–Crippen MR) is 98.3 cm³/mol. The van der Waals surface area contributed by atoms with Crippen LogP contribution in [0, 0.1) is 0 Å². The van der Waals surface area contributed by atoms with Gasteiger partial charge in [-0.2, -0.15) is 0 Å². The number of thiocarbonyl (C=S) groups is 1. The molecule has 0 aromatic heterocycles.